The minimum Gasteiger partial charge on any atom is -0.341 e. The van der Waals surface area contributed by atoms with Gasteiger partial charge in [-0.2, -0.15) is 5.26 Å². The van der Waals surface area contributed by atoms with Gasteiger partial charge in [0.1, 0.15) is 5.88 Å². The van der Waals surface area contributed by atoms with Gasteiger partial charge in [0.05, 0.1) is 12.0 Å². The molecule has 0 spiro atoms. The lowest BCUT2D eigenvalue weighted by Gasteiger charge is -2.20. The van der Waals surface area contributed by atoms with Crippen LogP contribution in [0.1, 0.15) is 13.8 Å². The van der Waals surface area contributed by atoms with Crippen LogP contribution in [0.25, 0.3) is 0 Å². The Labute approximate surface area is 77.9 Å². The number of nitrogens with zero attached hydrogens (tertiary/aromatic N) is 2. The summed E-state index contributed by atoms with van der Waals surface area (Å²) in [4.78, 5) is 12.7. The molecular weight excluding hydrogens is 176 g/mol. The van der Waals surface area contributed by atoms with Crippen LogP contribution in [-0.4, -0.2) is 29.8 Å². The standard InChI is InChI=1S/C8H13ClN2O/c1-3-11(8(12)4-9)6-7(2)5-10/h7H,3-4,6H2,1-2H3. The number of rotatable bonds is 4. The number of hydrogen-bond donors (Lipinski definition) is 0. The molecule has 0 heterocycles. The molecule has 1 amide bonds. The lowest BCUT2D eigenvalue weighted by atomic mass is 10.2. The quantitative estimate of drug-likeness (QED) is 0.623. The van der Waals surface area contributed by atoms with Crippen LogP contribution in [0.3, 0.4) is 0 Å². The fourth-order valence-corrected chi connectivity index (χ4v) is 1.03. The zero-order valence-corrected chi connectivity index (χ0v) is 8.14. The fraction of sp³-hybridized carbons (Fsp3) is 0.750. The average molecular weight is 189 g/mol. The highest BCUT2D eigenvalue weighted by molar-refractivity contribution is 6.27. The summed E-state index contributed by atoms with van der Waals surface area (Å²) in [5, 5.41) is 8.51. The predicted molar refractivity (Wildman–Crippen MR) is 47.8 cm³/mol. The van der Waals surface area contributed by atoms with Crippen molar-refractivity contribution in [1.82, 2.24) is 4.90 Å². The van der Waals surface area contributed by atoms with Crippen molar-refractivity contribution < 1.29 is 4.79 Å². The number of carbonyl (C=O) groups is 1. The first kappa shape index (κ1) is 11.2. The summed E-state index contributed by atoms with van der Waals surface area (Å²) in [5.41, 5.74) is 0. The monoisotopic (exact) mass is 188 g/mol. The van der Waals surface area contributed by atoms with E-state index in [1.807, 2.05) is 6.92 Å². The van der Waals surface area contributed by atoms with Gasteiger partial charge in [0.15, 0.2) is 0 Å². The van der Waals surface area contributed by atoms with E-state index in [0.717, 1.165) is 0 Å². The van der Waals surface area contributed by atoms with Crippen molar-refractivity contribution in [2.75, 3.05) is 19.0 Å². The van der Waals surface area contributed by atoms with Crippen molar-refractivity contribution in [2.24, 2.45) is 5.92 Å². The van der Waals surface area contributed by atoms with Gasteiger partial charge >= 0.3 is 0 Å². The Kier molecular flexibility index (Phi) is 5.48. The van der Waals surface area contributed by atoms with Gasteiger partial charge < -0.3 is 4.90 Å². The summed E-state index contributed by atoms with van der Waals surface area (Å²) >= 11 is 5.38. The number of nitriles is 1. The van der Waals surface area contributed by atoms with Crippen LogP contribution in [0.15, 0.2) is 0 Å². The van der Waals surface area contributed by atoms with Crippen LogP contribution in [0, 0.1) is 17.2 Å². The Hall–Kier alpha value is -0.750. The van der Waals surface area contributed by atoms with Gasteiger partial charge in [0, 0.05) is 13.1 Å². The van der Waals surface area contributed by atoms with Crippen molar-refractivity contribution in [3.05, 3.63) is 0 Å². The normalized spacial score (nSPS) is 11.8. The fourth-order valence-electron chi connectivity index (χ4n) is 0.863. The molecule has 0 N–H and O–H groups in total. The van der Waals surface area contributed by atoms with E-state index in [2.05, 4.69) is 6.07 Å². The molecule has 0 saturated heterocycles. The summed E-state index contributed by atoms with van der Waals surface area (Å²) in [5.74, 6) is -0.246. The van der Waals surface area contributed by atoms with Gasteiger partial charge in [-0.05, 0) is 13.8 Å². The summed E-state index contributed by atoms with van der Waals surface area (Å²) < 4.78 is 0. The molecule has 1 unspecified atom stereocenters. The Bertz CT molecular complexity index is 188. The zero-order chi connectivity index (χ0) is 9.56. The lowest BCUT2D eigenvalue weighted by Crippen LogP contribution is -2.35. The van der Waals surface area contributed by atoms with Gasteiger partial charge in [0.25, 0.3) is 0 Å². The molecule has 0 radical (unpaired) electrons. The maximum absolute atomic E-state index is 11.1. The summed E-state index contributed by atoms with van der Waals surface area (Å²) in [6.45, 7) is 4.73. The third kappa shape index (κ3) is 3.59. The topological polar surface area (TPSA) is 44.1 Å². The Morgan fingerprint density at radius 2 is 2.33 bits per heavy atom. The molecule has 0 bridgehead atoms. The van der Waals surface area contributed by atoms with Crippen molar-refractivity contribution >= 4 is 17.5 Å². The third-order valence-electron chi connectivity index (χ3n) is 1.56. The molecule has 0 aromatic carbocycles. The van der Waals surface area contributed by atoms with Gasteiger partial charge in [-0.1, -0.05) is 0 Å². The molecule has 3 nitrogen and oxygen atoms in total. The van der Waals surface area contributed by atoms with E-state index in [1.165, 1.54) is 0 Å². The van der Waals surface area contributed by atoms with Crippen molar-refractivity contribution in [2.45, 2.75) is 13.8 Å². The molecule has 0 aromatic rings. The number of halogens is 1. The average Bonchev–Trinajstić information content (AvgIpc) is 2.12. The first-order valence-corrected chi connectivity index (χ1v) is 4.42. The largest absolute Gasteiger partial charge is 0.341 e. The molecule has 0 aliphatic rings. The number of amides is 1. The zero-order valence-electron chi connectivity index (χ0n) is 7.38. The molecule has 0 aliphatic carbocycles. The number of alkyl halides is 1. The molecule has 0 saturated carbocycles. The minimum absolute atomic E-state index is 0.00795. The molecule has 12 heavy (non-hydrogen) atoms. The Balaban J connectivity index is 4.01. The van der Waals surface area contributed by atoms with Gasteiger partial charge in [-0.25, -0.2) is 0 Å². The second kappa shape index (κ2) is 5.84. The van der Waals surface area contributed by atoms with E-state index in [4.69, 9.17) is 16.9 Å². The van der Waals surface area contributed by atoms with Crippen LogP contribution in [0.2, 0.25) is 0 Å². The molecule has 0 rings (SSSR count). The molecule has 0 aromatic heterocycles. The molecule has 68 valence electrons. The summed E-state index contributed by atoms with van der Waals surface area (Å²) in [6.07, 6.45) is 0. The van der Waals surface area contributed by atoms with Crippen LogP contribution in [-0.2, 0) is 4.79 Å². The van der Waals surface area contributed by atoms with E-state index < -0.39 is 0 Å². The van der Waals surface area contributed by atoms with E-state index >= 15 is 0 Å². The highest BCUT2D eigenvalue weighted by Gasteiger charge is 2.12. The lowest BCUT2D eigenvalue weighted by molar-refractivity contribution is -0.128. The summed E-state index contributed by atoms with van der Waals surface area (Å²) in [7, 11) is 0. The molecule has 4 heteroatoms. The number of hydrogen-bond acceptors (Lipinski definition) is 2. The van der Waals surface area contributed by atoms with E-state index in [1.54, 1.807) is 11.8 Å². The van der Waals surface area contributed by atoms with Crippen LogP contribution in [0.5, 0.6) is 0 Å². The second-order valence-electron chi connectivity index (χ2n) is 2.60. The molecular formula is C8H13ClN2O. The smallest absolute Gasteiger partial charge is 0.237 e. The predicted octanol–water partition coefficient (Wildman–Crippen LogP) is 1.23. The third-order valence-corrected chi connectivity index (χ3v) is 1.79. The van der Waals surface area contributed by atoms with Gasteiger partial charge in [-0.3, -0.25) is 4.79 Å². The minimum atomic E-state index is -0.128. The first-order valence-electron chi connectivity index (χ1n) is 3.89. The first-order chi connectivity index (χ1) is 5.65. The Morgan fingerprint density at radius 1 is 1.75 bits per heavy atom. The van der Waals surface area contributed by atoms with E-state index in [9.17, 15) is 4.79 Å². The van der Waals surface area contributed by atoms with Crippen molar-refractivity contribution in [3.8, 4) is 6.07 Å². The van der Waals surface area contributed by atoms with Crippen molar-refractivity contribution in [1.29, 1.82) is 5.26 Å². The highest BCUT2D eigenvalue weighted by Crippen LogP contribution is 1.99. The number of carbonyl (C=O) groups excluding carboxylic acids is 1. The molecule has 1 atom stereocenters. The maximum Gasteiger partial charge on any atom is 0.237 e. The molecule has 0 fully saturated rings. The Morgan fingerprint density at radius 3 is 2.67 bits per heavy atom. The molecule has 0 aliphatic heterocycles. The maximum atomic E-state index is 11.1. The highest BCUT2D eigenvalue weighted by atomic mass is 35.5. The van der Waals surface area contributed by atoms with Gasteiger partial charge in [0.2, 0.25) is 5.91 Å². The SMILES string of the molecule is CCN(CC(C)C#N)C(=O)CCl. The van der Waals surface area contributed by atoms with Crippen LogP contribution >= 0.6 is 11.6 Å². The summed E-state index contributed by atoms with van der Waals surface area (Å²) in [6, 6.07) is 2.07. The second-order valence-corrected chi connectivity index (χ2v) is 2.86. The van der Waals surface area contributed by atoms with Crippen LogP contribution < -0.4 is 0 Å². The van der Waals surface area contributed by atoms with E-state index in [0.29, 0.717) is 13.1 Å². The van der Waals surface area contributed by atoms with Gasteiger partial charge in [-0.15, -0.1) is 11.6 Å². The van der Waals surface area contributed by atoms with Crippen molar-refractivity contribution in [3.63, 3.8) is 0 Å². The van der Waals surface area contributed by atoms with E-state index in [-0.39, 0.29) is 17.7 Å². The van der Waals surface area contributed by atoms with Crippen LogP contribution in [0.4, 0.5) is 0 Å².